The molecule has 0 aliphatic rings. The van der Waals surface area contributed by atoms with Crippen molar-refractivity contribution in [3.63, 3.8) is 0 Å². The molecule has 2 unspecified atom stereocenters. The van der Waals surface area contributed by atoms with Crippen LogP contribution >= 0.6 is 23.1 Å². The van der Waals surface area contributed by atoms with Gasteiger partial charge >= 0.3 is 0 Å². The molecule has 0 radical (unpaired) electrons. The van der Waals surface area contributed by atoms with Crippen LogP contribution in [0, 0.1) is 13.8 Å². The molecule has 2 aromatic carbocycles. The van der Waals surface area contributed by atoms with Crippen molar-refractivity contribution < 1.29 is 13.9 Å². The molecular weight excluding hydrogens is 477 g/mol. The Morgan fingerprint density at radius 3 is 1.35 bits per heavy atom. The van der Waals surface area contributed by atoms with E-state index in [-0.39, 0.29) is 5.48 Å². The minimum absolute atomic E-state index is 0. The molecule has 6 N–H and O–H groups in total. The van der Waals surface area contributed by atoms with Gasteiger partial charge in [-0.3, -0.25) is 0 Å². The van der Waals surface area contributed by atoms with Crippen molar-refractivity contribution in [3.05, 3.63) is 59.7 Å². The van der Waals surface area contributed by atoms with Crippen molar-refractivity contribution >= 4 is 45.0 Å². The molecule has 13 heteroatoms. The molecule has 0 aliphatic heterocycles. The summed E-state index contributed by atoms with van der Waals surface area (Å²) in [6.45, 7) is 3.96. The number of nitrogens with two attached hydrogens (primary N) is 2. The fraction of sp³-hybridized carbons (Fsp3) is 0.111. The highest BCUT2D eigenvalue weighted by molar-refractivity contribution is 7.85. The highest BCUT2D eigenvalue weighted by Crippen LogP contribution is 2.23. The second-order valence-corrected chi connectivity index (χ2v) is 9.98. The molecule has 0 saturated carbocycles. The van der Waals surface area contributed by atoms with Crippen LogP contribution in [0.1, 0.15) is 11.1 Å². The fourth-order valence-corrected chi connectivity index (χ4v) is 4.48. The molecule has 0 spiro atoms. The first-order valence-corrected chi connectivity index (χ1v) is 12.5. The van der Waals surface area contributed by atoms with Gasteiger partial charge in [0.25, 0.3) is 0 Å². The van der Waals surface area contributed by atoms with E-state index in [0.29, 0.717) is 20.3 Å². The lowest BCUT2D eigenvalue weighted by Gasteiger charge is -1.98. The Labute approximate surface area is 192 Å². The largest absolute Gasteiger partial charge is 0.412 e. The van der Waals surface area contributed by atoms with E-state index in [1.807, 2.05) is 62.4 Å². The number of rotatable bonds is 4. The fourth-order valence-electron chi connectivity index (χ4n) is 2.45. The van der Waals surface area contributed by atoms with Crippen LogP contribution in [-0.2, 0) is 22.0 Å². The lowest BCUT2D eigenvalue weighted by molar-refractivity contribution is 0.683. The van der Waals surface area contributed by atoms with E-state index in [0.717, 1.165) is 45.3 Å². The lowest BCUT2D eigenvalue weighted by Crippen LogP contribution is -2.01. The van der Waals surface area contributed by atoms with Gasteiger partial charge in [-0.15, -0.1) is 0 Å². The van der Waals surface area contributed by atoms with E-state index in [4.69, 9.17) is 10.3 Å². The first-order chi connectivity index (χ1) is 14.4. The van der Waals surface area contributed by atoms with Crippen LogP contribution in [0.3, 0.4) is 0 Å². The molecule has 2 atom stereocenters. The average molecular weight is 497 g/mol. The Hall–Kier alpha value is -2.26. The SMILES string of the molecule is Cc1ccccc1-c1nsc(S(N)=O)n1.Cc1ccccc1-c1nsc(S(N)=O)n1.O. The maximum Gasteiger partial charge on any atom is 0.216 e. The number of hydrogen-bond acceptors (Lipinski definition) is 8. The second kappa shape index (κ2) is 11.4. The van der Waals surface area contributed by atoms with Gasteiger partial charge in [-0.25, -0.2) is 28.7 Å². The van der Waals surface area contributed by atoms with Gasteiger partial charge in [-0.05, 0) is 48.0 Å². The van der Waals surface area contributed by atoms with Crippen LogP contribution in [0.15, 0.2) is 57.2 Å². The van der Waals surface area contributed by atoms with Crippen LogP contribution in [0.25, 0.3) is 22.8 Å². The minimum atomic E-state index is -1.54. The van der Waals surface area contributed by atoms with Crippen LogP contribution in [-0.4, -0.2) is 32.6 Å². The third-order valence-electron chi connectivity index (χ3n) is 3.93. The quantitative estimate of drug-likeness (QED) is 0.438. The van der Waals surface area contributed by atoms with Gasteiger partial charge in [-0.1, -0.05) is 48.5 Å². The number of nitrogens with zero attached hydrogens (tertiary/aromatic N) is 4. The van der Waals surface area contributed by atoms with E-state index in [1.165, 1.54) is 0 Å². The summed E-state index contributed by atoms with van der Waals surface area (Å²) >= 11 is 2.15. The third-order valence-corrected chi connectivity index (χ3v) is 7.26. The number of benzene rings is 2. The molecule has 4 aromatic rings. The highest BCUT2D eigenvalue weighted by Gasteiger charge is 2.11. The molecule has 4 rings (SSSR count). The molecule has 0 aliphatic carbocycles. The zero-order chi connectivity index (χ0) is 21.7. The normalized spacial score (nSPS) is 12.3. The lowest BCUT2D eigenvalue weighted by atomic mass is 10.1. The Morgan fingerprint density at radius 2 is 1.06 bits per heavy atom. The smallest absolute Gasteiger partial charge is 0.216 e. The predicted molar refractivity (Wildman–Crippen MR) is 125 cm³/mol. The van der Waals surface area contributed by atoms with E-state index in [2.05, 4.69) is 18.7 Å². The van der Waals surface area contributed by atoms with Gasteiger partial charge in [0.1, 0.15) is 0 Å². The maximum absolute atomic E-state index is 11.0. The molecule has 0 saturated heterocycles. The third kappa shape index (κ3) is 6.36. The number of hydrogen-bond donors (Lipinski definition) is 2. The molecule has 2 heterocycles. The van der Waals surface area contributed by atoms with E-state index in [9.17, 15) is 8.42 Å². The van der Waals surface area contributed by atoms with Gasteiger partial charge in [0.15, 0.2) is 33.6 Å². The summed E-state index contributed by atoms with van der Waals surface area (Å²) in [5.41, 5.74) is 4.07. The maximum atomic E-state index is 11.0. The zero-order valence-corrected chi connectivity index (χ0v) is 19.8. The second-order valence-electron chi connectivity index (χ2n) is 5.99. The summed E-state index contributed by atoms with van der Waals surface area (Å²) in [7, 11) is -3.09. The van der Waals surface area contributed by atoms with Crippen LogP contribution in [0.4, 0.5) is 0 Å². The van der Waals surface area contributed by atoms with Crippen LogP contribution in [0.5, 0.6) is 0 Å². The number of aryl methyl sites for hydroxylation is 2. The van der Waals surface area contributed by atoms with Crippen molar-refractivity contribution in [2.45, 2.75) is 22.5 Å². The van der Waals surface area contributed by atoms with Gasteiger partial charge in [-0.2, -0.15) is 8.75 Å². The summed E-state index contributed by atoms with van der Waals surface area (Å²) < 4.78 is 30.9. The molecule has 0 amide bonds. The van der Waals surface area contributed by atoms with Crippen LogP contribution in [0.2, 0.25) is 0 Å². The van der Waals surface area contributed by atoms with Gasteiger partial charge < -0.3 is 5.48 Å². The van der Waals surface area contributed by atoms with E-state index < -0.39 is 22.0 Å². The Balaban J connectivity index is 0.000000213. The average Bonchev–Trinajstić information content (AvgIpc) is 3.39. The minimum Gasteiger partial charge on any atom is -0.412 e. The predicted octanol–water partition coefficient (Wildman–Crippen LogP) is 2.16. The first kappa shape index (κ1) is 25.0. The summed E-state index contributed by atoms with van der Waals surface area (Å²) in [5, 5.41) is 10.4. The van der Waals surface area contributed by atoms with Gasteiger partial charge in [0, 0.05) is 11.1 Å². The van der Waals surface area contributed by atoms with Crippen molar-refractivity contribution in [3.8, 4) is 22.8 Å². The Morgan fingerprint density at radius 1 is 0.710 bits per heavy atom. The summed E-state index contributed by atoms with van der Waals surface area (Å²) in [6.07, 6.45) is 0. The summed E-state index contributed by atoms with van der Waals surface area (Å²) in [4.78, 5) is 8.25. The molecule has 9 nitrogen and oxygen atoms in total. The monoisotopic (exact) mass is 496 g/mol. The Bertz CT molecular complexity index is 1120. The molecular formula is C18H20N6O3S4. The van der Waals surface area contributed by atoms with Gasteiger partial charge in [0.05, 0.1) is 0 Å². The van der Waals surface area contributed by atoms with E-state index >= 15 is 0 Å². The standard InChI is InChI=1S/2C9H9N3OS2.H2O/c2*1-6-4-2-3-5-7(6)8-11-9(14-12-8)15(10)13;/h2*2-5H,10H2,1H3;1H2. The summed E-state index contributed by atoms with van der Waals surface area (Å²) in [6, 6.07) is 15.6. The summed E-state index contributed by atoms with van der Waals surface area (Å²) in [5.74, 6) is 1.18. The topological polar surface area (TPSA) is 169 Å². The zero-order valence-electron chi connectivity index (χ0n) is 16.5. The van der Waals surface area contributed by atoms with Crippen molar-refractivity contribution in [1.29, 1.82) is 0 Å². The molecule has 164 valence electrons. The molecule has 2 aromatic heterocycles. The van der Waals surface area contributed by atoms with E-state index in [1.54, 1.807) is 0 Å². The van der Waals surface area contributed by atoms with Gasteiger partial charge in [0.2, 0.25) is 8.68 Å². The van der Waals surface area contributed by atoms with Crippen molar-refractivity contribution in [2.75, 3.05) is 0 Å². The van der Waals surface area contributed by atoms with Crippen molar-refractivity contribution in [2.24, 2.45) is 10.3 Å². The van der Waals surface area contributed by atoms with Crippen molar-refractivity contribution in [1.82, 2.24) is 18.7 Å². The highest BCUT2D eigenvalue weighted by atomic mass is 32.2. The number of aromatic nitrogens is 4. The molecule has 31 heavy (non-hydrogen) atoms. The molecule has 0 bridgehead atoms. The molecule has 0 fully saturated rings. The van der Waals surface area contributed by atoms with Crippen LogP contribution < -0.4 is 10.3 Å². The first-order valence-electron chi connectivity index (χ1n) is 8.48. The Kier molecular flexibility index (Phi) is 9.18.